The zero-order valence-corrected chi connectivity index (χ0v) is 11.7. The fourth-order valence-corrected chi connectivity index (χ4v) is 4.52. The fourth-order valence-electron chi connectivity index (χ4n) is 2.56. The van der Waals surface area contributed by atoms with Gasteiger partial charge in [0.15, 0.2) is 0 Å². The van der Waals surface area contributed by atoms with Gasteiger partial charge in [-0.1, -0.05) is 0 Å². The summed E-state index contributed by atoms with van der Waals surface area (Å²) in [5, 5.41) is 3.24. The van der Waals surface area contributed by atoms with Crippen molar-refractivity contribution in [3.8, 4) is 0 Å². The highest BCUT2D eigenvalue weighted by Crippen LogP contribution is 2.32. The second kappa shape index (κ2) is 5.24. The topological polar surface area (TPSA) is 49.4 Å². The maximum Gasteiger partial charge on any atom is 0.214 e. The molecule has 1 heterocycles. The highest BCUT2D eigenvalue weighted by Gasteiger charge is 2.35. The molecule has 2 rings (SSSR count). The zero-order valence-electron chi connectivity index (χ0n) is 10.9. The zero-order chi connectivity index (χ0) is 12.5. The van der Waals surface area contributed by atoms with Crippen LogP contribution in [0, 0.1) is 11.8 Å². The molecular formula is C12H24N2O2S. The summed E-state index contributed by atoms with van der Waals surface area (Å²) in [5.74, 6) is 1.29. The Morgan fingerprint density at radius 3 is 2.65 bits per heavy atom. The number of piperidine rings is 1. The Morgan fingerprint density at radius 2 is 2.06 bits per heavy atom. The van der Waals surface area contributed by atoms with E-state index >= 15 is 0 Å². The smallest absolute Gasteiger partial charge is 0.214 e. The lowest BCUT2D eigenvalue weighted by molar-refractivity contribution is 0.229. The van der Waals surface area contributed by atoms with Crippen LogP contribution in [0.25, 0.3) is 0 Å². The van der Waals surface area contributed by atoms with Gasteiger partial charge in [-0.15, -0.1) is 0 Å². The van der Waals surface area contributed by atoms with Crippen molar-refractivity contribution in [2.75, 3.05) is 25.9 Å². The summed E-state index contributed by atoms with van der Waals surface area (Å²) in [7, 11) is -1.04. The van der Waals surface area contributed by atoms with Gasteiger partial charge in [-0.3, -0.25) is 0 Å². The molecule has 4 nitrogen and oxygen atoms in total. The molecule has 0 aromatic rings. The molecule has 1 aliphatic heterocycles. The number of hydrogen-bond acceptors (Lipinski definition) is 3. The highest BCUT2D eigenvalue weighted by atomic mass is 32.2. The van der Waals surface area contributed by atoms with Crippen molar-refractivity contribution in [1.82, 2.24) is 9.62 Å². The number of nitrogens with zero attached hydrogens (tertiary/aromatic N) is 1. The second-order valence-electron chi connectivity index (χ2n) is 5.56. The summed E-state index contributed by atoms with van der Waals surface area (Å²) < 4.78 is 26.1. The molecule has 0 spiro atoms. The van der Waals surface area contributed by atoms with Crippen LogP contribution < -0.4 is 5.32 Å². The van der Waals surface area contributed by atoms with E-state index < -0.39 is 10.0 Å². The Kier molecular flexibility index (Phi) is 4.10. The number of rotatable bonds is 5. The van der Waals surface area contributed by atoms with Crippen LogP contribution in [-0.2, 0) is 10.0 Å². The van der Waals surface area contributed by atoms with E-state index in [-0.39, 0.29) is 0 Å². The average Bonchev–Trinajstić information content (AvgIpc) is 3.11. The van der Waals surface area contributed by atoms with Gasteiger partial charge in [0, 0.05) is 19.1 Å². The van der Waals surface area contributed by atoms with Crippen molar-refractivity contribution in [1.29, 1.82) is 0 Å². The van der Waals surface area contributed by atoms with Crippen molar-refractivity contribution >= 4 is 10.0 Å². The molecule has 1 aliphatic carbocycles. The van der Waals surface area contributed by atoms with Gasteiger partial charge in [-0.2, -0.15) is 0 Å². The van der Waals surface area contributed by atoms with Gasteiger partial charge in [-0.25, -0.2) is 12.7 Å². The lowest BCUT2D eigenvalue weighted by Crippen LogP contribution is -2.46. The minimum absolute atomic E-state index is 0.383. The number of hydrogen-bond donors (Lipinski definition) is 1. The fraction of sp³-hybridized carbons (Fsp3) is 1.00. The standard InChI is InChI=1S/C12H24N2O2S/c1-10(13-2)12-4-3-7-14(8-12)17(15,16)9-11-5-6-11/h10-13H,3-9H2,1-2H3. The van der Waals surface area contributed by atoms with Gasteiger partial charge in [-0.05, 0) is 51.5 Å². The van der Waals surface area contributed by atoms with Crippen molar-refractivity contribution < 1.29 is 8.42 Å². The van der Waals surface area contributed by atoms with E-state index in [0.717, 1.165) is 32.2 Å². The Hall–Kier alpha value is -0.130. The van der Waals surface area contributed by atoms with Crippen LogP contribution in [0.3, 0.4) is 0 Å². The van der Waals surface area contributed by atoms with Gasteiger partial charge in [0.25, 0.3) is 0 Å². The van der Waals surface area contributed by atoms with E-state index in [2.05, 4.69) is 12.2 Å². The summed E-state index contributed by atoms with van der Waals surface area (Å²) >= 11 is 0. The number of sulfonamides is 1. The third-order valence-corrected chi connectivity index (χ3v) is 6.13. The third-order valence-electron chi connectivity index (χ3n) is 4.12. The minimum atomic E-state index is -2.99. The Bertz CT molecular complexity index is 352. The predicted octanol–water partition coefficient (Wildman–Crippen LogP) is 1.05. The summed E-state index contributed by atoms with van der Waals surface area (Å²) in [6, 6.07) is 0.397. The van der Waals surface area contributed by atoms with Gasteiger partial charge >= 0.3 is 0 Å². The van der Waals surface area contributed by atoms with Crippen molar-refractivity contribution in [3.05, 3.63) is 0 Å². The van der Waals surface area contributed by atoms with Crippen LogP contribution in [-0.4, -0.2) is 44.7 Å². The molecule has 1 saturated carbocycles. The number of nitrogens with one attached hydrogen (secondary N) is 1. The van der Waals surface area contributed by atoms with E-state index in [1.807, 2.05) is 7.05 Å². The van der Waals surface area contributed by atoms with Crippen LogP contribution in [0.4, 0.5) is 0 Å². The Labute approximate surface area is 105 Å². The van der Waals surface area contributed by atoms with E-state index in [0.29, 0.717) is 30.2 Å². The Morgan fingerprint density at radius 1 is 1.35 bits per heavy atom. The monoisotopic (exact) mass is 260 g/mol. The largest absolute Gasteiger partial charge is 0.317 e. The van der Waals surface area contributed by atoms with E-state index in [4.69, 9.17) is 0 Å². The molecule has 2 atom stereocenters. The normalized spacial score (nSPS) is 29.2. The van der Waals surface area contributed by atoms with Crippen molar-refractivity contribution in [3.63, 3.8) is 0 Å². The highest BCUT2D eigenvalue weighted by molar-refractivity contribution is 7.89. The molecule has 0 radical (unpaired) electrons. The van der Waals surface area contributed by atoms with Crippen LogP contribution in [0.15, 0.2) is 0 Å². The van der Waals surface area contributed by atoms with Crippen molar-refractivity contribution in [2.45, 2.75) is 38.6 Å². The second-order valence-corrected chi connectivity index (χ2v) is 7.57. The lowest BCUT2D eigenvalue weighted by atomic mass is 9.93. The lowest BCUT2D eigenvalue weighted by Gasteiger charge is -2.35. The van der Waals surface area contributed by atoms with Crippen LogP contribution >= 0.6 is 0 Å². The maximum absolute atomic E-state index is 12.2. The molecule has 2 aliphatic rings. The minimum Gasteiger partial charge on any atom is -0.317 e. The summed E-state index contributed by atoms with van der Waals surface area (Å²) in [5.41, 5.74) is 0. The summed E-state index contributed by atoms with van der Waals surface area (Å²) in [6.07, 6.45) is 4.34. The molecule has 100 valence electrons. The van der Waals surface area contributed by atoms with Gasteiger partial charge in [0.2, 0.25) is 10.0 Å². The average molecular weight is 260 g/mol. The summed E-state index contributed by atoms with van der Waals surface area (Å²) in [6.45, 7) is 3.57. The maximum atomic E-state index is 12.2. The Balaban J connectivity index is 1.95. The van der Waals surface area contributed by atoms with Gasteiger partial charge < -0.3 is 5.32 Å². The molecule has 2 unspecified atom stereocenters. The molecule has 0 aromatic heterocycles. The third kappa shape index (κ3) is 3.42. The first kappa shape index (κ1) is 13.3. The first-order chi connectivity index (χ1) is 8.03. The molecule has 1 N–H and O–H groups in total. The molecule has 17 heavy (non-hydrogen) atoms. The molecule has 5 heteroatoms. The first-order valence-corrected chi connectivity index (χ1v) is 8.29. The van der Waals surface area contributed by atoms with Crippen LogP contribution in [0.5, 0.6) is 0 Å². The molecule has 0 amide bonds. The van der Waals surface area contributed by atoms with E-state index in [1.54, 1.807) is 4.31 Å². The van der Waals surface area contributed by atoms with Gasteiger partial charge in [0.05, 0.1) is 5.75 Å². The predicted molar refractivity (Wildman–Crippen MR) is 69.3 cm³/mol. The van der Waals surface area contributed by atoms with Crippen LogP contribution in [0.2, 0.25) is 0 Å². The summed E-state index contributed by atoms with van der Waals surface area (Å²) in [4.78, 5) is 0. The van der Waals surface area contributed by atoms with Gasteiger partial charge in [0.1, 0.15) is 0 Å². The van der Waals surface area contributed by atoms with Crippen LogP contribution in [0.1, 0.15) is 32.6 Å². The van der Waals surface area contributed by atoms with Crippen molar-refractivity contribution in [2.24, 2.45) is 11.8 Å². The van der Waals surface area contributed by atoms with E-state index in [1.165, 1.54) is 0 Å². The SMILES string of the molecule is CNC(C)C1CCCN(S(=O)(=O)CC2CC2)C1. The molecule has 0 aromatic carbocycles. The first-order valence-electron chi connectivity index (χ1n) is 6.68. The molecule has 0 bridgehead atoms. The van der Waals surface area contributed by atoms with E-state index in [9.17, 15) is 8.42 Å². The molecule has 2 fully saturated rings. The quantitative estimate of drug-likeness (QED) is 0.804. The molecule has 1 saturated heterocycles. The molecular weight excluding hydrogens is 236 g/mol.